The van der Waals surface area contributed by atoms with Crippen LogP contribution in [0, 0.1) is 6.92 Å². The molecule has 0 saturated heterocycles. The van der Waals surface area contributed by atoms with Crippen LogP contribution in [0.15, 0.2) is 96.2 Å². The van der Waals surface area contributed by atoms with Gasteiger partial charge in [-0.15, -0.1) is 0 Å². The van der Waals surface area contributed by atoms with Gasteiger partial charge in [0.2, 0.25) is 10.0 Å². The molecule has 0 amide bonds. The standard InChI is InChI=1S/C26H24N4O2S/c1-19-13-15-21(16-14-19)26-23(18-29(28-26)22-11-7-4-8-12-22)25-17-24(20-9-5-3-6-10-20)27-30(25)33(2,31)32/h3-16,18,25H,17H2,1-2H3/t25-/m0/s1. The minimum absolute atomic E-state index is 0.469. The first-order valence-corrected chi connectivity index (χ1v) is 12.6. The summed E-state index contributed by atoms with van der Waals surface area (Å²) in [6.07, 6.45) is 3.60. The van der Waals surface area contributed by atoms with Crippen molar-refractivity contribution in [1.82, 2.24) is 14.2 Å². The van der Waals surface area contributed by atoms with Crippen molar-refractivity contribution in [3.05, 3.63) is 108 Å². The summed E-state index contributed by atoms with van der Waals surface area (Å²) in [5.74, 6) is 0. The number of benzene rings is 3. The molecule has 2 heterocycles. The summed E-state index contributed by atoms with van der Waals surface area (Å²) in [6.45, 7) is 2.04. The van der Waals surface area contributed by atoms with Crippen LogP contribution in [0.25, 0.3) is 16.9 Å². The number of nitrogens with zero attached hydrogens (tertiary/aromatic N) is 4. The molecule has 6 nitrogen and oxygen atoms in total. The predicted molar refractivity (Wildman–Crippen MR) is 131 cm³/mol. The van der Waals surface area contributed by atoms with E-state index in [9.17, 15) is 8.42 Å². The SMILES string of the molecule is Cc1ccc(-c2nn(-c3ccccc3)cc2[C@@H]2CC(c3ccccc3)=NN2S(C)(=O)=O)cc1. The Balaban J connectivity index is 1.65. The Morgan fingerprint density at radius 2 is 1.48 bits per heavy atom. The van der Waals surface area contributed by atoms with Crippen LogP contribution in [0.4, 0.5) is 0 Å². The summed E-state index contributed by atoms with van der Waals surface area (Å²) >= 11 is 0. The van der Waals surface area contributed by atoms with Crippen molar-refractivity contribution in [3.8, 4) is 16.9 Å². The van der Waals surface area contributed by atoms with Gasteiger partial charge in [-0.1, -0.05) is 78.4 Å². The lowest BCUT2D eigenvalue weighted by Crippen LogP contribution is -2.26. The van der Waals surface area contributed by atoms with Crippen LogP contribution in [0.5, 0.6) is 0 Å². The zero-order valence-electron chi connectivity index (χ0n) is 18.5. The summed E-state index contributed by atoms with van der Waals surface area (Å²) in [4.78, 5) is 0. The van der Waals surface area contributed by atoms with Gasteiger partial charge in [-0.3, -0.25) is 0 Å². The number of para-hydroxylation sites is 1. The molecule has 4 aromatic rings. The van der Waals surface area contributed by atoms with Crippen molar-refractivity contribution in [2.24, 2.45) is 5.10 Å². The van der Waals surface area contributed by atoms with Gasteiger partial charge in [-0.2, -0.15) is 14.6 Å². The summed E-state index contributed by atoms with van der Waals surface area (Å²) in [5, 5.41) is 9.43. The van der Waals surface area contributed by atoms with Crippen molar-refractivity contribution in [2.75, 3.05) is 6.26 Å². The Labute approximate surface area is 193 Å². The third kappa shape index (κ3) is 4.19. The molecule has 0 aliphatic carbocycles. The zero-order valence-corrected chi connectivity index (χ0v) is 19.3. The average molecular weight is 457 g/mol. The van der Waals surface area contributed by atoms with Crippen LogP contribution in [-0.2, 0) is 10.0 Å². The van der Waals surface area contributed by atoms with Gasteiger partial charge in [0.1, 0.15) is 0 Å². The average Bonchev–Trinajstić information content (AvgIpc) is 3.46. The molecule has 1 aliphatic heterocycles. The maximum atomic E-state index is 12.8. The minimum Gasteiger partial charge on any atom is -0.240 e. The van der Waals surface area contributed by atoms with Crippen LogP contribution < -0.4 is 0 Å². The van der Waals surface area contributed by atoms with E-state index in [0.717, 1.165) is 39.3 Å². The van der Waals surface area contributed by atoms with E-state index in [1.165, 1.54) is 10.7 Å². The highest BCUT2D eigenvalue weighted by molar-refractivity contribution is 7.88. The number of aromatic nitrogens is 2. The van der Waals surface area contributed by atoms with E-state index in [4.69, 9.17) is 5.10 Å². The Morgan fingerprint density at radius 1 is 0.848 bits per heavy atom. The summed E-state index contributed by atoms with van der Waals surface area (Å²) in [6, 6.07) is 27.2. The van der Waals surface area contributed by atoms with E-state index in [2.05, 4.69) is 5.10 Å². The third-order valence-corrected chi connectivity index (χ3v) is 6.78. The lowest BCUT2D eigenvalue weighted by atomic mass is 9.97. The highest BCUT2D eigenvalue weighted by atomic mass is 32.2. The summed E-state index contributed by atoms with van der Waals surface area (Å²) < 4.78 is 28.6. The van der Waals surface area contributed by atoms with Gasteiger partial charge in [0.15, 0.2) is 0 Å². The molecule has 3 aromatic carbocycles. The molecule has 0 radical (unpaired) electrons. The Kier molecular flexibility index (Phi) is 5.34. The van der Waals surface area contributed by atoms with Crippen LogP contribution in [0.1, 0.15) is 29.2 Å². The number of sulfonamides is 1. The maximum Gasteiger partial charge on any atom is 0.247 e. The van der Waals surface area contributed by atoms with Gasteiger partial charge in [-0.25, -0.2) is 13.1 Å². The molecule has 0 unspecified atom stereocenters. The molecule has 0 spiro atoms. The number of hydrogen-bond donors (Lipinski definition) is 0. The van der Waals surface area contributed by atoms with Crippen LogP contribution in [-0.4, -0.2) is 34.6 Å². The molecule has 0 N–H and O–H groups in total. The Morgan fingerprint density at radius 3 is 2.12 bits per heavy atom. The van der Waals surface area contributed by atoms with Gasteiger partial charge in [0, 0.05) is 23.7 Å². The van der Waals surface area contributed by atoms with E-state index in [0.29, 0.717) is 6.42 Å². The molecule has 0 bridgehead atoms. The van der Waals surface area contributed by atoms with Gasteiger partial charge in [0.05, 0.1) is 29.4 Å². The smallest absolute Gasteiger partial charge is 0.240 e. The van der Waals surface area contributed by atoms with Crippen LogP contribution >= 0.6 is 0 Å². The quantitative estimate of drug-likeness (QED) is 0.426. The molecule has 166 valence electrons. The van der Waals surface area contributed by atoms with Crippen LogP contribution in [0.3, 0.4) is 0 Å². The van der Waals surface area contributed by atoms with Crippen molar-refractivity contribution < 1.29 is 8.42 Å². The highest BCUT2D eigenvalue weighted by Crippen LogP contribution is 2.39. The molecule has 0 saturated carbocycles. The number of aryl methyl sites for hydroxylation is 1. The maximum absolute atomic E-state index is 12.8. The van der Waals surface area contributed by atoms with Gasteiger partial charge >= 0.3 is 0 Å². The Bertz CT molecular complexity index is 1410. The second-order valence-electron chi connectivity index (χ2n) is 8.25. The van der Waals surface area contributed by atoms with E-state index in [1.807, 2.05) is 103 Å². The van der Waals surface area contributed by atoms with Crippen molar-refractivity contribution in [1.29, 1.82) is 0 Å². The van der Waals surface area contributed by atoms with Crippen molar-refractivity contribution in [2.45, 2.75) is 19.4 Å². The topological polar surface area (TPSA) is 67.6 Å². The molecule has 1 aromatic heterocycles. The van der Waals surface area contributed by atoms with Crippen molar-refractivity contribution in [3.63, 3.8) is 0 Å². The fourth-order valence-electron chi connectivity index (χ4n) is 4.11. The molecule has 1 aliphatic rings. The molecular weight excluding hydrogens is 432 g/mol. The highest BCUT2D eigenvalue weighted by Gasteiger charge is 2.37. The van der Waals surface area contributed by atoms with Gasteiger partial charge in [0.25, 0.3) is 0 Å². The van der Waals surface area contributed by atoms with E-state index in [1.54, 1.807) is 0 Å². The summed E-state index contributed by atoms with van der Waals surface area (Å²) in [5.41, 5.74) is 6.23. The first-order chi connectivity index (χ1) is 15.9. The molecule has 7 heteroatoms. The lowest BCUT2D eigenvalue weighted by molar-refractivity contribution is 0.375. The van der Waals surface area contributed by atoms with E-state index >= 15 is 0 Å². The largest absolute Gasteiger partial charge is 0.247 e. The monoisotopic (exact) mass is 456 g/mol. The second-order valence-corrected chi connectivity index (χ2v) is 10.1. The van der Waals surface area contributed by atoms with Gasteiger partial charge < -0.3 is 0 Å². The molecule has 5 rings (SSSR count). The zero-order chi connectivity index (χ0) is 23.0. The lowest BCUT2D eigenvalue weighted by Gasteiger charge is -2.21. The third-order valence-electron chi connectivity index (χ3n) is 5.77. The van der Waals surface area contributed by atoms with Crippen molar-refractivity contribution >= 4 is 15.7 Å². The molecular formula is C26H24N4O2S. The molecule has 1 atom stereocenters. The summed E-state index contributed by atoms with van der Waals surface area (Å²) in [7, 11) is -3.59. The first kappa shape index (κ1) is 21.2. The van der Waals surface area contributed by atoms with E-state index < -0.39 is 16.1 Å². The molecule has 0 fully saturated rings. The fraction of sp³-hybridized carbons (Fsp3) is 0.154. The molecule has 33 heavy (non-hydrogen) atoms. The number of rotatable bonds is 5. The minimum atomic E-state index is -3.59. The number of hydrazone groups is 1. The van der Waals surface area contributed by atoms with Gasteiger partial charge in [-0.05, 0) is 24.6 Å². The van der Waals surface area contributed by atoms with Crippen LogP contribution in [0.2, 0.25) is 0 Å². The number of hydrogen-bond acceptors (Lipinski definition) is 4. The predicted octanol–water partition coefficient (Wildman–Crippen LogP) is 4.96. The normalized spacial score (nSPS) is 16.1. The Hall–Kier alpha value is -3.71. The van der Waals surface area contributed by atoms with E-state index in [-0.39, 0.29) is 0 Å². The fourth-order valence-corrected chi connectivity index (χ4v) is 5.01. The second kappa shape index (κ2) is 8.33. The first-order valence-electron chi connectivity index (χ1n) is 10.7.